The van der Waals surface area contributed by atoms with Gasteiger partial charge in [0, 0.05) is 10.8 Å². The molecule has 4 heteroatoms. The zero-order valence-corrected chi connectivity index (χ0v) is 20.5. The highest BCUT2D eigenvalue weighted by Crippen LogP contribution is 2.39. The van der Waals surface area contributed by atoms with E-state index >= 15 is 0 Å². The zero-order valence-electron chi connectivity index (χ0n) is 20.5. The Morgan fingerprint density at radius 2 is 1.41 bits per heavy atom. The van der Waals surface area contributed by atoms with E-state index in [2.05, 4.69) is 60.9 Å². The summed E-state index contributed by atoms with van der Waals surface area (Å²) in [4.78, 5) is 5.11. The van der Waals surface area contributed by atoms with E-state index in [9.17, 15) is 4.39 Å². The third kappa shape index (κ3) is 3.37. The molecule has 0 fully saturated rings. The number of hydrogen-bond acceptors (Lipinski definition) is 2. The van der Waals surface area contributed by atoms with Crippen molar-refractivity contribution in [3.63, 3.8) is 0 Å². The van der Waals surface area contributed by atoms with Crippen LogP contribution < -0.4 is 0 Å². The first-order valence-electron chi connectivity index (χ1n) is 12.3. The number of benzene rings is 5. The van der Waals surface area contributed by atoms with E-state index in [1.165, 1.54) is 12.1 Å². The van der Waals surface area contributed by atoms with Crippen molar-refractivity contribution in [2.75, 3.05) is 0 Å². The van der Waals surface area contributed by atoms with Gasteiger partial charge in [-0.3, -0.25) is 4.57 Å². The molecule has 2 aromatic heterocycles. The number of imidazole rings is 1. The minimum atomic E-state index is -0.233. The summed E-state index contributed by atoms with van der Waals surface area (Å²) >= 11 is 0. The smallest absolute Gasteiger partial charge is 0.149 e. The minimum Gasteiger partial charge on any atom is -0.455 e. The van der Waals surface area contributed by atoms with E-state index < -0.39 is 0 Å². The van der Waals surface area contributed by atoms with Crippen molar-refractivity contribution < 1.29 is 8.81 Å². The topological polar surface area (TPSA) is 31.0 Å². The van der Waals surface area contributed by atoms with Crippen LogP contribution in [0.1, 0.15) is 11.1 Å². The molecule has 5 aromatic carbocycles. The number of aryl methyl sites for hydroxylation is 2. The molecule has 37 heavy (non-hydrogen) atoms. The van der Waals surface area contributed by atoms with Crippen LogP contribution in [0.2, 0.25) is 0 Å². The van der Waals surface area contributed by atoms with Gasteiger partial charge in [-0.05, 0) is 84.6 Å². The molecule has 7 aromatic rings. The Kier molecular flexibility index (Phi) is 4.76. The van der Waals surface area contributed by atoms with Crippen LogP contribution in [0.15, 0.2) is 108 Å². The maximum atomic E-state index is 13.5. The molecule has 0 aliphatic rings. The summed E-state index contributed by atoms with van der Waals surface area (Å²) < 4.78 is 22.2. The minimum absolute atomic E-state index is 0.233. The van der Waals surface area contributed by atoms with Crippen molar-refractivity contribution in [2.24, 2.45) is 0 Å². The van der Waals surface area contributed by atoms with Crippen molar-refractivity contribution in [2.45, 2.75) is 13.8 Å². The first-order valence-corrected chi connectivity index (χ1v) is 12.3. The lowest BCUT2D eigenvalue weighted by Crippen LogP contribution is -2.03. The van der Waals surface area contributed by atoms with Crippen LogP contribution in [0.5, 0.6) is 0 Å². The van der Waals surface area contributed by atoms with Crippen LogP contribution in [-0.4, -0.2) is 9.55 Å². The lowest BCUT2D eigenvalue weighted by molar-refractivity contribution is 0.628. The standard InChI is InChI=1S/C33H23FN2O/c1-20-18-23(22-14-16-24(34)17-15-22)19-21(2)31(20)36-29-12-5-4-11-28(29)35-33(36)27-10-7-9-26-25-8-3-6-13-30(25)37-32(26)27/h3-19H,1-2H3. The second-order valence-electron chi connectivity index (χ2n) is 9.51. The molecule has 0 aliphatic carbocycles. The van der Waals surface area contributed by atoms with E-state index in [1.54, 1.807) is 0 Å². The molecule has 0 bridgehead atoms. The predicted molar refractivity (Wildman–Crippen MR) is 149 cm³/mol. The highest BCUT2D eigenvalue weighted by molar-refractivity contribution is 6.09. The Morgan fingerprint density at radius 3 is 2.22 bits per heavy atom. The average Bonchev–Trinajstić information content (AvgIpc) is 3.48. The van der Waals surface area contributed by atoms with E-state index in [-0.39, 0.29) is 5.82 Å². The summed E-state index contributed by atoms with van der Waals surface area (Å²) in [5, 5.41) is 2.17. The quantitative estimate of drug-likeness (QED) is 0.252. The Balaban J connectivity index is 1.51. The highest BCUT2D eigenvalue weighted by Gasteiger charge is 2.21. The Bertz CT molecular complexity index is 1940. The number of rotatable bonds is 3. The third-order valence-electron chi connectivity index (χ3n) is 7.10. The molecule has 0 radical (unpaired) electrons. The fourth-order valence-electron chi connectivity index (χ4n) is 5.47. The Hall–Kier alpha value is -4.70. The van der Waals surface area contributed by atoms with E-state index in [4.69, 9.17) is 9.40 Å². The number of aromatic nitrogens is 2. The fraction of sp³-hybridized carbons (Fsp3) is 0.0606. The van der Waals surface area contributed by atoms with Crippen LogP contribution in [0, 0.1) is 19.7 Å². The number of furan rings is 1. The largest absolute Gasteiger partial charge is 0.455 e. The summed E-state index contributed by atoms with van der Waals surface area (Å²) in [5.41, 5.74) is 9.96. The van der Waals surface area contributed by atoms with Gasteiger partial charge in [-0.25, -0.2) is 9.37 Å². The lowest BCUT2D eigenvalue weighted by Gasteiger charge is -2.17. The first-order chi connectivity index (χ1) is 18.1. The number of nitrogens with zero attached hydrogens (tertiary/aromatic N) is 2. The lowest BCUT2D eigenvalue weighted by atomic mass is 9.98. The maximum Gasteiger partial charge on any atom is 0.149 e. The summed E-state index contributed by atoms with van der Waals surface area (Å²) in [6, 6.07) is 33.6. The molecule has 0 aliphatic heterocycles. The summed E-state index contributed by atoms with van der Waals surface area (Å²) in [5.74, 6) is 0.606. The van der Waals surface area contributed by atoms with Crippen LogP contribution in [0.4, 0.5) is 4.39 Å². The van der Waals surface area contributed by atoms with Gasteiger partial charge in [0.1, 0.15) is 22.8 Å². The van der Waals surface area contributed by atoms with Crippen LogP contribution >= 0.6 is 0 Å². The Labute approximate surface area is 213 Å². The van der Waals surface area contributed by atoms with Crippen molar-refractivity contribution in [1.29, 1.82) is 0 Å². The van der Waals surface area contributed by atoms with Gasteiger partial charge in [0.2, 0.25) is 0 Å². The van der Waals surface area contributed by atoms with E-state index in [1.807, 2.05) is 48.5 Å². The van der Waals surface area contributed by atoms with Crippen LogP contribution in [-0.2, 0) is 0 Å². The van der Waals surface area contributed by atoms with Gasteiger partial charge in [-0.1, -0.05) is 54.6 Å². The molecule has 0 saturated heterocycles. The number of hydrogen-bond donors (Lipinski definition) is 0. The summed E-state index contributed by atoms with van der Waals surface area (Å²) in [7, 11) is 0. The predicted octanol–water partition coefficient (Wildman–Crippen LogP) is 9.01. The molecule has 178 valence electrons. The van der Waals surface area contributed by atoms with Crippen molar-refractivity contribution in [1.82, 2.24) is 9.55 Å². The number of para-hydroxylation sites is 4. The molecule has 0 unspecified atom stereocenters. The van der Waals surface area contributed by atoms with Gasteiger partial charge in [0.25, 0.3) is 0 Å². The molecular formula is C33H23FN2O. The maximum absolute atomic E-state index is 13.5. The van der Waals surface area contributed by atoms with Gasteiger partial charge in [0.05, 0.1) is 22.3 Å². The van der Waals surface area contributed by atoms with Gasteiger partial charge < -0.3 is 4.42 Å². The van der Waals surface area contributed by atoms with Crippen molar-refractivity contribution in [3.05, 3.63) is 120 Å². The van der Waals surface area contributed by atoms with Gasteiger partial charge >= 0.3 is 0 Å². The van der Waals surface area contributed by atoms with Crippen molar-refractivity contribution in [3.8, 4) is 28.2 Å². The molecule has 0 saturated carbocycles. The van der Waals surface area contributed by atoms with Gasteiger partial charge in [0.15, 0.2) is 0 Å². The Morgan fingerprint density at radius 1 is 0.703 bits per heavy atom. The number of halogens is 1. The van der Waals surface area contributed by atoms with Gasteiger partial charge in [-0.2, -0.15) is 0 Å². The SMILES string of the molecule is Cc1cc(-c2ccc(F)cc2)cc(C)c1-n1c(-c2cccc3c2oc2ccccc23)nc2ccccc21. The average molecular weight is 483 g/mol. The molecule has 2 heterocycles. The second-order valence-corrected chi connectivity index (χ2v) is 9.51. The first kappa shape index (κ1) is 21.6. The summed E-state index contributed by atoms with van der Waals surface area (Å²) in [6.07, 6.45) is 0. The van der Waals surface area contributed by atoms with Crippen molar-refractivity contribution >= 4 is 33.0 Å². The molecule has 0 amide bonds. The fourth-order valence-corrected chi connectivity index (χ4v) is 5.47. The zero-order chi connectivity index (χ0) is 25.1. The van der Waals surface area contributed by atoms with Crippen LogP contribution in [0.25, 0.3) is 61.2 Å². The van der Waals surface area contributed by atoms with E-state index in [0.29, 0.717) is 0 Å². The van der Waals surface area contributed by atoms with Crippen LogP contribution in [0.3, 0.4) is 0 Å². The monoisotopic (exact) mass is 482 g/mol. The second kappa shape index (κ2) is 8.17. The third-order valence-corrected chi connectivity index (χ3v) is 7.10. The molecule has 7 rings (SSSR count). The highest BCUT2D eigenvalue weighted by atomic mass is 19.1. The molecule has 0 atom stereocenters. The normalized spacial score (nSPS) is 11.6. The van der Waals surface area contributed by atoms with Gasteiger partial charge in [-0.15, -0.1) is 0 Å². The molecule has 0 N–H and O–H groups in total. The van der Waals surface area contributed by atoms with E-state index in [0.717, 1.165) is 72.3 Å². The molecule has 0 spiro atoms. The number of fused-ring (bicyclic) bond motifs is 4. The summed E-state index contributed by atoms with van der Waals surface area (Å²) in [6.45, 7) is 4.24. The molecule has 3 nitrogen and oxygen atoms in total. The molecular weight excluding hydrogens is 459 g/mol.